The van der Waals surface area contributed by atoms with E-state index < -0.39 is 0 Å². The molecule has 0 saturated carbocycles. The van der Waals surface area contributed by atoms with Crippen molar-refractivity contribution in [3.05, 3.63) is 35.9 Å². The summed E-state index contributed by atoms with van der Waals surface area (Å²) in [5.41, 5.74) is 1.08. The number of ether oxygens (including phenoxy) is 1. The van der Waals surface area contributed by atoms with E-state index in [4.69, 9.17) is 4.74 Å². The Balaban J connectivity index is 1.57. The standard InChI is InChI=1S/C14H20N2O2/c17-14(16-11-12-4-2-1-3-5-12)18-9-7-13-6-8-15-10-13/h1-5,13,15H,6-11H2,(H,16,17). The molecule has 18 heavy (non-hydrogen) atoms. The smallest absolute Gasteiger partial charge is 0.407 e. The second-order valence-corrected chi connectivity index (χ2v) is 4.62. The number of rotatable bonds is 5. The number of hydrogen-bond acceptors (Lipinski definition) is 3. The molecule has 1 aliphatic rings. The lowest BCUT2D eigenvalue weighted by atomic mass is 10.1. The molecule has 0 radical (unpaired) electrons. The molecule has 0 bridgehead atoms. The molecule has 0 aromatic heterocycles. The van der Waals surface area contributed by atoms with Crippen LogP contribution < -0.4 is 10.6 Å². The summed E-state index contributed by atoms with van der Waals surface area (Å²) in [6.45, 7) is 3.16. The summed E-state index contributed by atoms with van der Waals surface area (Å²) in [5, 5.41) is 6.05. The van der Waals surface area contributed by atoms with Gasteiger partial charge in [-0.1, -0.05) is 30.3 Å². The van der Waals surface area contributed by atoms with E-state index in [0.717, 1.165) is 25.1 Å². The third kappa shape index (κ3) is 4.37. The van der Waals surface area contributed by atoms with E-state index >= 15 is 0 Å². The largest absolute Gasteiger partial charge is 0.450 e. The fraction of sp³-hybridized carbons (Fsp3) is 0.500. The minimum absolute atomic E-state index is 0.329. The Morgan fingerprint density at radius 3 is 2.94 bits per heavy atom. The molecule has 1 heterocycles. The Labute approximate surface area is 108 Å². The lowest BCUT2D eigenvalue weighted by Gasteiger charge is -2.09. The van der Waals surface area contributed by atoms with Gasteiger partial charge in [0, 0.05) is 6.54 Å². The molecule has 1 unspecified atom stereocenters. The van der Waals surface area contributed by atoms with Gasteiger partial charge in [0.1, 0.15) is 0 Å². The monoisotopic (exact) mass is 248 g/mol. The molecule has 1 aromatic rings. The van der Waals surface area contributed by atoms with Gasteiger partial charge in [-0.25, -0.2) is 4.79 Å². The Morgan fingerprint density at radius 2 is 2.22 bits per heavy atom. The fourth-order valence-corrected chi connectivity index (χ4v) is 2.10. The van der Waals surface area contributed by atoms with Gasteiger partial charge in [0.2, 0.25) is 0 Å². The molecule has 4 nitrogen and oxygen atoms in total. The molecule has 4 heteroatoms. The number of benzene rings is 1. The predicted octanol–water partition coefficient (Wildman–Crippen LogP) is 1.91. The van der Waals surface area contributed by atoms with Crippen molar-refractivity contribution < 1.29 is 9.53 Å². The third-order valence-electron chi connectivity index (χ3n) is 3.20. The van der Waals surface area contributed by atoms with Crippen LogP contribution in [0, 0.1) is 5.92 Å². The van der Waals surface area contributed by atoms with Crippen LogP contribution in [0.3, 0.4) is 0 Å². The highest BCUT2D eigenvalue weighted by Gasteiger charge is 2.14. The first kappa shape index (κ1) is 12.9. The lowest BCUT2D eigenvalue weighted by Crippen LogP contribution is -2.24. The molecule has 1 aromatic carbocycles. The average molecular weight is 248 g/mol. The van der Waals surface area contributed by atoms with Crippen molar-refractivity contribution in [3.8, 4) is 0 Å². The van der Waals surface area contributed by atoms with Gasteiger partial charge in [0.05, 0.1) is 6.61 Å². The number of hydrogen-bond donors (Lipinski definition) is 2. The summed E-state index contributed by atoms with van der Waals surface area (Å²) in [5.74, 6) is 0.659. The normalized spacial score (nSPS) is 18.6. The van der Waals surface area contributed by atoms with Crippen LogP contribution in [-0.2, 0) is 11.3 Å². The van der Waals surface area contributed by atoms with Crippen LogP contribution >= 0.6 is 0 Å². The van der Waals surface area contributed by atoms with Gasteiger partial charge in [0.25, 0.3) is 0 Å². The topological polar surface area (TPSA) is 50.4 Å². The molecule has 0 aliphatic carbocycles. The molecule has 1 fully saturated rings. The van der Waals surface area contributed by atoms with E-state index in [2.05, 4.69) is 10.6 Å². The van der Waals surface area contributed by atoms with E-state index in [1.807, 2.05) is 30.3 Å². The molecule has 98 valence electrons. The van der Waals surface area contributed by atoms with Crippen LogP contribution in [0.4, 0.5) is 4.79 Å². The maximum absolute atomic E-state index is 11.4. The van der Waals surface area contributed by atoms with Gasteiger partial charge in [-0.3, -0.25) is 0 Å². The Bertz CT molecular complexity index is 361. The van der Waals surface area contributed by atoms with E-state index in [1.165, 1.54) is 6.42 Å². The van der Waals surface area contributed by atoms with Crippen molar-refractivity contribution in [3.63, 3.8) is 0 Å². The molecular formula is C14H20N2O2. The quantitative estimate of drug-likeness (QED) is 0.837. The molecule has 1 amide bonds. The first-order valence-corrected chi connectivity index (χ1v) is 6.50. The molecule has 0 spiro atoms. The average Bonchev–Trinajstić information content (AvgIpc) is 2.91. The number of nitrogens with one attached hydrogen (secondary N) is 2. The number of alkyl carbamates (subject to hydrolysis) is 1. The molecule has 1 atom stereocenters. The molecule has 2 rings (SSSR count). The Morgan fingerprint density at radius 1 is 1.39 bits per heavy atom. The number of amides is 1. The van der Waals surface area contributed by atoms with E-state index in [1.54, 1.807) is 0 Å². The summed E-state index contributed by atoms with van der Waals surface area (Å²) in [6.07, 6.45) is 1.81. The fourth-order valence-electron chi connectivity index (χ4n) is 2.10. The highest BCUT2D eigenvalue weighted by Crippen LogP contribution is 2.11. The SMILES string of the molecule is O=C(NCc1ccccc1)OCCC1CCNC1. The minimum atomic E-state index is -0.329. The van der Waals surface area contributed by atoms with Crippen molar-refractivity contribution in [2.24, 2.45) is 5.92 Å². The van der Waals surface area contributed by atoms with Crippen LogP contribution in [-0.4, -0.2) is 25.8 Å². The van der Waals surface area contributed by atoms with Crippen molar-refractivity contribution >= 4 is 6.09 Å². The Hall–Kier alpha value is -1.55. The summed E-state index contributed by atoms with van der Waals surface area (Å²) in [6, 6.07) is 9.82. The van der Waals surface area contributed by atoms with Gasteiger partial charge < -0.3 is 15.4 Å². The third-order valence-corrected chi connectivity index (χ3v) is 3.20. The minimum Gasteiger partial charge on any atom is -0.450 e. The zero-order chi connectivity index (χ0) is 12.6. The first-order chi connectivity index (χ1) is 8.84. The molecule has 1 aliphatic heterocycles. The van der Waals surface area contributed by atoms with Crippen molar-refractivity contribution in [2.75, 3.05) is 19.7 Å². The van der Waals surface area contributed by atoms with Gasteiger partial charge in [-0.15, -0.1) is 0 Å². The van der Waals surface area contributed by atoms with Crippen LogP contribution in [0.2, 0.25) is 0 Å². The predicted molar refractivity (Wildman–Crippen MR) is 70.2 cm³/mol. The van der Waals surface area contributed by atoms with E-state index in [0.29, 0.717) is 19.1 Å². The first-order valence-electron chi connectivity index (χ1n) is 6.50. The summed E-state index contributed by atoms with van der Waals surface area (Å²) in [4.78, 5) is 11.4. The van der Waals surface area contributed by atoms with Crippen LogP contribution in [0.25, 0.3) is 0 Å². The molecule has 1 saturated heterocycles. The van der Waals surface area contributed by atoms with Gasteiger partial charge >= 0.3 is 6.09 Å². The highest BCUT2D eigenvalue weighted by atomic mass is 16.5. The Kier molecular flexibility index (Phi) is 5.02. The van der Waals surface area contributed by atoms with Crippen LogP contribution in [0.15, 0.2) is 30.3 Å². The summed E-state index contributed by atoms with van der Waals surface area (Å²) in [7, 11) is 0. The zero-order valence-corrected chi connectivity index (χ0v) is 10.5. The van der Waals surface area contributed by atoms with E-state index in [9.17, 15) is 4.79 Å². The lowest BCUT2D eigenvalue weighted by molar-refractivity contribution is 0.139. The van der Waals surface area contributed by atoms with Gasteiger partial charge in [-0.05, 0) is 37.4 Å². The number of carbonyl (C=O) groups is 1. The molecular weight excluding hydrogens is 228 g/mol. The van der Waals surface area contributed by atoms with Crippen LogP contribution in [0.1, 0.15) is 18.4 Å². The zero-order valence-electron chi connectivity index (χ0n) is 10.5. The highest BCUT2D eigenvalue weighted by molar-refractivity contribution is 5.67. The van der Waals surface area contributed by atoms with Gasteiger partial charge in [0.15, 0.2) is 0 Å². The van der Waals surface area contributed by atoms with Gasteiger partial charge in [-0.2, -0.15) is 0 Å². The second-order valence-electron chi connectivity index (χ2n) is 4.62. The van der Waals surface area contributed by atoms with Crippen molar-refractivity contribution in [2.45, 2.75) is 19.4 Å². The van der Waals surface area contributed by atoms with E-state index in [-0.39, 0.29) is 6.09 Å². The molecule has 2 N–H and O–H groups in total. The maximum atomic E-state index is 11.4. The van der Waals surface area contributed by atoms with Crippen LogP contribution in [0.5, 0.6) is 0 Å². The van der Waals surface area contributed by atoms with Crippen molar-refractivity contribution in [1.29, 1.82) is 0 Å². The maximum Gasteiger partial charge on any atom is 0.407 e. The summed E-state index contributed by atoms with van der Waals surface area (Å²) < 4.78 is 5.15. The van der Waals surface area contributed by atoms with Crippen molar-refractivity contribution in [1.82, 2.24) is 10.6 Å². The second kappa shape index (κ2) is 7.01. The number of carbonyl (C=O) groups excluding carboxylic acids is 1. The summed E-state index contributed by atoms with van der Waals surface area (Å²) >= 11 is 0.